The Kier molecular flexibility index (Phi) is 6.17. The van der Waals surface area contributed by atoms with Crippen molar-refractivity contribution in [1.29, 1.82) is 0 Å². The monoisotopic (exact) mass is 443 g/mol. The standard InChI is InChI=1S/C22H25N3O3S2/c1-23-30(27,28)18-9-6-16(7-10-18)8-11-21(26)25-14-12-17(13-15-25)22-24-19-4-2-3-5-20(19)29-22/h2-7,9-10,17,23H,8,11-15H2,1H3. The number of nitrogens with one attached hydrogen (secondary N) is 1. The number of rotatable bonds is 6. The molecular weight excluding hydrogens is 418 g/mol. The molecule has 1 aromatic heterocycles. The van der Waals surface area contributed by atoms with E-state index < -0.39 is 10.0 Å². The van der Waals surface area contributed by atoms with Crippen molar-refractivity contribution in [1.82, 2.24) is 14.6 Å². The third kappa shape index (κ3) is 4.55. The van der Waals surface area contributed by atoms with Crippen LogP contribution in [0.15, 0.2) is 53.4 Å². The van der Waals surface area contributed by atoms with Crippen molar-refractivity contribution in [3.8, 4) is 0 Å². The highest BCUT2D eigenvalue weighted by Gasteiger charge is 2.25. The second-order valence-electron chi connectivity index (χ2n) is 7.53. The Morgan fingerprint density at radius 1 is 1.13 bits per heavy atom. The zero-order chi connectivity index (χ0) is 21.1. The van der Waals surface area contributed by atoms with E-state index in [1.807, 2.05) is 17.0 Å². The van der Waals surface area contributed by atoms with Gasteiger partial charge in [0, 0.05) is 25.4 Å². The van der Waals surface area contributed by atoms with Crippen LogP contribution in [0.3, 0.4) is 0 Å². The lowest BCUT2D eigenvalue weighted by atomic mass is 9.97. The molecule has 1 aliphatic heterocycles. The Hall–Kier alpha value is -2.29. The van der Waals surface area contributed by atoms with Gasteiger partial charge in [-0.15, -0.1) is 11.3 Å². The van der Waals surface area contributed by atoms with E-state index in [0.29, 0.717) is 18.8 Å². The van der Waals surface area contributed by atoms with Gasteiger partial charge in [-0.2, -0.15) is 0 Å². The molecule has 1 aliphatic rings. The third-order valence-corrected chi connectivity index (χ3v) is 8.27. The highest BCUT2D eigenvalue weighted by Crippen LogP contribution is 2.33. The Balaban J connectivity index is 1.29. The number of aryl methyl sites for hydroxylation is 1. The SMILES string of the molecule is CNS(=O)(=O)c1ccc(CCC(=O)N2CCC(c3nc4ccccc4s3)CC2)cc1. The van der Waals surface area contributed by atoms with Crippen molar-refractivity contribution in [2.75, 3.05) is 20.1 Å². The molecule has 0 unspecified atom stereocenters. The van der Waals surface area contributed by atoms with Gasteiger partial charge in [0.05, 0.1) is 20.1 Å². The van der Waals surface area contributed by atoms with Crippen LogP contribution < -0.4 is 4.72 Å². The smallest absolute Gasteiger partial charge is 0.240 e. The Morgan fingerprint density at radius 3 is 2.50 bits per heavy atom. The number of aromatic nitrogens is 1. The predicted octanol–water partition coefficient (Wildman–Crippen LogP) is 3.54. The lowest BCUT2D eigenvalue weighted by Gasteiger charge is -2.31. The first kappa shape index (κ1) is 21.0. The summed E-state index contributed by atoms with van der Waals surface area (Å²) in [5.74, 6) is 0.581. The molecule has 2 heterocycles. The minimum atomic E-state index is -3.43. The number of likely N-dealkylation sites (tertiary alicyclic amines) is 1. The summed E-state index contributed by atoms with van der Waals surface area (Å²) in [5.41, 5.74) is 2.02. The van der Waals surface area contributed by atoms with Gasteiger partial charge in [-0.3, -0.25) is 4.79 Å². The molecular formula is C22H25N3O3S2. The Labute approximate surface area is 181 Å². The van der Waals surface area contributed by atoms with Crippen LogP contribution >= 0.6 is 11.3 Å². The van der Waals surface area contributed by atoms with E-state index in [9.17, 15) is 13.2 Å². The minimum absolute atomic E-state index is 0.157. The highest BCUT2D eigenvalue weighted by atomic mass is 32.2. The molecule has 1 amide bonds. The number of carbonyl (C=O) groups excluding carboxylic acids is 1. The molecule has 1 N–H and O–H groups in total. The summed E-state index contributed by atoms with van der Waals surface area (Å²) in [6.45, 7) is 1.53. The number of piperidine rings is 1. The van der Waals surface area contributed by atoms with E-state index in [0.717, 1.165) is 37.0 Å². The molecule has 2 aromatic carbocycles. The van der Waals surface area contributed by atoms with Crippen molar-refractivity contribution in [3.63, 3.8) is 0 Å². The molecule has 1 fully saturated rings. The van der Waals surface area contributed by atoms with Crippen molar-refractivity contribution in [2.24, 2.45) is 0 Å². The van der Waals surface area contributed by atoms with Gasteiger partial charge < -0.3 is 4.90 Å². The van der Waals surface area contributed by atoms with Gasteiger partial charge in [0.2, 0.25) is 15.9 Å². The minimum Gasteiger partial charge on any atom is -0.343 e. The summed E-state index contributed by atoms with van der Waals surface area (Å²) >= 11 is 1.76. The predicted molar refractivity (Wildman–Crippen MR) is 119 cm³/mol. The molecule has 0 bridgehead atoms. The number of carbonyl (C=O) groups is 1. The van der Waals surface area contributed by atoms with Gasteiger partial charge in [0.15, 0.2) is 0 Å². The van der Waals surface area contributed by atoms with E-state index in [1.54, 1.807) is 35.6 Å². The van der Waals surface area contributed by atoms with Gasteiger partial charge in [-0.25, -0.2) is 18.1 Å². The second-order valence-corrected chi connectivity index (χ2v) is 10.5. The zero-order valence-electron chi connectivity index (χ0n) is 16.9. The molecule has 1 saturated heterocycles. The van der Waals surface area contributed by atoms with Crippen LogP contribution in [0.5, 0.6) is 0 Å². The number of nitrogens with zero attached hydrogens (tertiary/aromatic N) is 2. The normalized spacial score (nSPS) is 15.6. The Bertz CT molecular complexity index is 1100. The zero-order valence-corrected chi connectivity index (χ0v) is 18.5. The number of benzene rings is 2. The fraction of sp³-hybridized carbons (Fsp3) is 0.364. The maximum absolute atomic E-state index is 12.6. The van der Waals surface area contributed by atoms with Crippen LogP contribution in [0.2, 0.25) is 0 Å². The van der Waals surface area contributed by atoms with Gasteiger partial charge >= 0.3 is 0 Å². The number of amides is 1. The molecule has 3 aromatic rings. The number of sulfonamides is 1. The van der Waals surface area contributed by atoms with Crippen molar-refractivity contribution in [2.45, 2.75) is 36.5 Å². The summed E-state index contributed by atoms with van der Waals surface area (Å²) in [7, 11) is -2.04. The van der Waals surface area contributed by atoms with Crippen LogP contribution in [-0.4, -0.2) is 44.3 Å². The van der Waals surface area contributed by atoms with E-state index >= 15 is 0 Å². The molecule has 4 rings (SSSR count). The number of thiazole rings is 1. The number of hydrogen-bond donors (Lipinski definition) is 1. The van der Waals surface area contributed by atoms with Crippen LogP contribution in [0.25, 0.3) is 10.2 Å². The van der Waals surface area contributed by atoms with Crippen molar-refractivity contribution < 1.29 is 13.2 Å². The molecule has 0 radical (unpaired) electrons. The summed E-state index contributed by atoms with van der Waals surface area (Å²) in [4.78, 5) is 19.6. The molecule has 0 spiro atoms. The van der Waals surface area contributed by atoms with Gasteiger partial charge in [0.25, 0.3) is 0 Å². The third-order valence-electron chi connectivity index (χ3n) is 5.64. The molecule has 0 atom stereocenters. The topological polar surface area (TPSA) is 79.4 Å². The van der Waals surface area contributed by atoms with Crippen LogP contribution in [0, 0.1) is 0 Å². The van der Waals surface area contributed by atoms with Crippen molar-refractivity contribution in [3.05, 3.63) is 59.1 Å². The fourth-order valence-electron chi connectivity index (χ4n) is 3.80. The van der Waals surface area contributed by atoms with Crippen LogP contribution in [0.1, 0.15) is 35.8 Å². The quantitative estimate of drug-likeness (QED) is 0.632. The van der Waals surface area contributed by atoms with E-state index in [2.05, 4.69) is 16.9 Å². The molecule has 8 heteroatoms. The lowest BCUT2D eigenvalue weighted by Crippen LogP contribution is -2.38. The van der Waals surface area contributed by atoms with Crippen LogP contribution in [-0.2, 0) is 21.2 Å². The molecule has 6 nitrogen and oxygen atoms in total. The molecule has 0 aliphatic carbocycles. The maximum Gasteiger partial charge on any atom is 0.240 e. The van der Waals surface area contributed by atoms with Crippen molar-refractivity contribution >= 4 is 37.5 Å². The molecule has 0 saturated carbocycles. The van der Waals surface area contributed by atoms with E-state index in [1.165, 1.54) is 16.8 Å². The van der Waals surface area contributed by atoms with Gasteiger partial charge in [-0.1, -0.05) is 24.3 Å². The molecule has 30 heavy (non-hydrogen) atoms. The highest BCUT2D eigenvalue weighted by molar-refractivity contribution is 7.89. The van der Waals surface area contributed by atoms with Gasteiger partial charge in [0.1, 0.15) is 0 Å². The summed E-state index contributed by atoms with van der Waals surface area (Å²) in [6.07, 6.45) is 2.94. The first-order valence-corrected chi connectivity index (χ1v) is 12.4. The van der Waals surface area contributed by atoms with E-state index in [4.69, 9.17) is 4.98 Å². The second kappa shape index (κ2) is 8.83. The largest absolute Gasteiger partial charge is 0.343 e. The first-order chi connectivity index (χ1) is 14.5. The van der Waals surface area contributed by atoms with Crippen LogP contribution in [0.4, 0.5) is 0 Å². The number of para-hydroxylation sites is 1. The summed E-state index contributed by atoms with van der Waals surface area (Å²) < 4.78 is 27.1. The van der Waals surface area contributed by atoms with Gasteiger partial charge in [-0.05, 0) is 56.1 Å². The number of hydrogen-bond acceptors (Lipinski definition) is 5. The first-order valence-electron chi connectivity index (χ1n) is 10.1. The summed E-state index contributed by atoms with van der Waals surface area (Å²) in [6, 6.07) is 14.9. The molecule has 158 valence electrons. The number of fused-ring (bicyclic) bond motifs is 1. The lowest BCUT2D eigenvalue weighted by molar-refractivity contribution is -0.132. The van der Waals surface area contributed by atoms with E-state index in [-0.39, 0.29) is 10.8 Å². The Morgan fingerprint density at radius 2 is 1.83 bits per heavy atom. The fourth-order valence-corrected chi connectivity index (χ4v) is 5.67. The summed E-state index contributed by atoms with van der Waals surface area (Å²) in [5, 5.41) is 1.18. The average molecular weight is 444 g/mol. The maximum atomic E-state index is 12.6. The average Bonchev–Trinajstić information content (AvgIpc) is 3.22.